The lowest BCUT2D eigenvalue weighted by Gasteiger charge is -2.10. The van der Waals surface area contributed by atoms with Crippen molar-refractivity contribution in [2.24, 2.45) is 0 Å². The number of amides is 1. The summed E-state index contributed by atoms with van der Waals surface area (Å²) in [6, 6.07) is 11.2. The quantitative estimate of drug-likeness (QED) is 0.707. The number of carboxylic acids is 1. The highest BCUT2D eigenvalue weighted by Gasteiger charge is 2.21. The van der Waals surface area contributed by atoms with Gasteiger partial charge >= 0.3 is 5.97 Å². The number of hydrogen-bond acceptors (Lipinski definition) is 4. The third kappa shape index (κ3) is 4.07. The van der Waals surface area contributed by atoms with Gasteiger partial charge in [0.2, 0.25) is 0 Å². The van der Waals surface area contributed by atoms with Gasteiger partial charge in [0.15, 0.2) is 0 Å². The van der Waals surface area contributed by atoms with Crippen molar-refractivity contribution in [3.8, 4) is 0 Å². The molecule has 0 aliphatic rings. The van der Waals surface area contributed by atoms with Crippen LogP contribution in [0.2, 0.25) is 5.02 Å². The van der Waals surface area contributed by atoms with Crippen molar-refractivity contribution in [2.75, 3.05) is 0 Å². The Morgan fingerprint density at radius 1 is 1.00 bits per heavy atom. The molecule has 9 heteroatoms. The molecule has 0 bridgehead atoms. The maximum absolute atomic E-state index is 12.2. The summed E-state index contributed by atoms with van der Waals surface area (Å²) in [5.74, 6) is -1.97. The number of sulfonamides is 1. The summed E-state index contributed by atoms with van der Waals surface area (Å²) < 4.78 is 24.3. The van der Waals surface area contributed by atoms with Gasteiger partial charge in [0.25, 0.3) is 15.9 Å². The molecular weight excluding hydrogens is 344 g/mol. The first kappa shape index (κ1) is 16.9. The average Bonchev–Trinajstić information content (AvgIpc) is 2.53. The molecule has 7 nitrogen and oxygen atoms in total. The predicted octanol–water partition coefficient (Wildman–Crippen LogP) is 1.66. The molecule has 0 aliphatic heterocycles. The van der Waals surface area contributed by atoms with E-state index in [1.807, 2.05) is 10.3 Å². The van der Waals surface area contributed by atoms with Crippen LogP contribution in [0.15, 0.2) is 53.4 Å². The Kier molecular flexibility index (Phi) is 4.99. The number of halogens is 1. The van der Waals surface area contributed by atoms with E-state index in [9.17, 15) is 18.0 Å². The highest BCUT2D eigenvalue weighted by atomic mass is 35.5. The molecule has 0 aliphatic carbocycles. The van der Waals surface area contributed by atoms with Gasteiger partial charge in [-0.3, -0.25) is 10.2 Å². The van der Waals surface area contributed by atoms with Gasteiger partial charge in [-0.1, -0.05) is 29.8 Å². The van der Waals surface area contributed by atoms with E-state index >= 15 is 0 Å². The van der Waals surface area contributed by atoms with Gasteiger partial charge in [-0.2, -0.15) is 0 Å². The van der Waals surface area contributed by atoms with E-state index in [0.29, 0.717) is 0 Å². The first-order valence-corrected chi connectivity index (χ1v) is 8.07. The molecular formula is C14H11ClN2O5S. The summed E-state index contributed by atoms with van der Waals surface area (Å²) in [5, 5.41) is 8.73. The normalized spacial score (nSPS) is 11.0. The van der Waals surface area contributed by atoms with E-state index in [4.69, 9.17) is 16.7 Å². The Hall–Kier alpha value is -2.42. The third-order valence-electron chi connectivity index (χ3n) is 2.80. The smallest absolute Gasteiger partial charge is 0.335 e. The number of carbonyl (C=O) groups excluding carboxylic acids is 1. The van der Waals surface area contributed by atoms with E-state index < -0.39 is 26.8 Å². The van der Waals surface area contributed by atoms with Crippen LogP contribution in [0.5, 0.6) is 0 Å². The lowest BCUT2D eigenvalue weighted by Crippen LogP contribution is -2.41. The molecule has 2 rings (SSSR count). The van der Waals surface area contributed by atoms with Gasteiger partial charge in [0.05, 0.1) is 10.6 Å². The highest BCUT2D eigenvalue weighted by Crippen LogP contribution is 2.22. The van der Waals surface area contributed by atoms with Crippen molar-refractivity contribution in [3.05, 3.63) is 64.7 Å². The maximum Gasteiger partial charge on any atom is 0.335 e. The maximum atomic E-state index is 12.2. The molecule has 120 valence electrons. The van der Waals surface area contributed by atoms with E-state index in [-0.39, 0.29) is 16.1 Å². The van der Waals surface area contributed by atoms with Crippen molar-refractivity contribution in [2.45, 2.75) is 4.90 Å². The number of rotatable bonds is 5. The van der Waals surface area contributed by atoms with Crippen molar-refractivity contribution in [3.63, 3.8) is 0 Å². The molecule has 0 radical (unpaired) electrons. The summed E-state index contributed by atoms with van der Waals surface area (Å²) in [5.41, 5.74) is 2.04. The SMILES string of the molecule is O=C(O)c1ccc(Cl)c(S(=O)(=O)NNC(=O)c2ccccc2)c1. The molecule has 0 heterocycles. The van der Waals surface area contributed by atoms with E-state index in [0.717, 1.165) is 12.1 Å². The van der Waals surface area contributed by atoms with Crippen molar-refractivity contribution >= 4 is 33.5 Å². The third-order valence-corrected chi connectivity index (χ3v) is 4.53. The average molecular weight is 355 g/mol. The molecule has 3 N–H and O–H groups in total. The number of hydrogen-bond donors (Lipinski definition) is 3. The van der Waals surface area contributed by atoms with Crippen LogP contribution in [-0.4, -0.2) is 25.4 Å². The molecule has 0 atom stereocenters. The van der Waals surface area contributed by atoms with Gasteiger partial charge in [-0.15, -0.1) is 4.83 Å². The first-order valence-electron chi connectivity index (χ1n) is 6.21. The number of hydrazine groups is 1. The van der Waals surface area contributed by atoms with E-state index in [1.54, 1.807) is 18.2 Å². The molecule has 2 aromatic rings. The van der Waals surface area contributed by atoms with Crippen LogP contribution in [0.25, 0.3) is 0 Å². The van der Waals surface area contributed by atoms with Crippen LogP contribution < -0.4 is 10.3 Å². The van der Waals surface area contributed by atoms with Gasteiger partial charge in [-0.05, 0) is 30.3 Å². The summed E-state index contributed by atoms with van der Waals surface area (Å²) in [6.07, 6.45) is 0. The Bertz CT molecular complexity index is 853. The second-order valence-electron chi connectivity index (χ2n) is 4.38. The van der Waals surface area contributed by atoms with E-state index in [1.165, 1.54) is 18.2 Å². The van der Waals surface area contributed by atoms with Gasteiger partial charge < -0.3 is 5.11 Å². The lowest BCUT2D eigenvalue weighted by atomic mass is 10.2. The number of benzene rings is 2. The summed E-state index contributed by atoms with van der Waals surface area (Å²) in [7, 11) is -4.23. The molecule has 23 heavy (non-hydrogen) atoms. The molecule has 0 saturated carbocycles. The van der Waals surface area contributed by atoms with Crippen LogP contribution in [0.1, 0.15) is 20.7 Å². The zero-order valence-corrected chi connectivity index (χ0v) is 13.1. The standard InChI is InChI=1S/C14H11ClN2O5S/c15-11-7-6-10(14(19)20)8-12(11)23(21,22)17-16-13(18)9-4-2-1-3-5-9/h1-8,17H,(H,16,18)(H,19,20). The molecule has 0 fully saturated rings. The molecule has 0 spiro atoms. The Morgan fingerprint density at radius 2 is 1.65 bits per heavy atom. The van der Waals surface area contributed by atoms with Crippen LogP contribution in [0.3, 0.4) is 0 Å². The molecule has 1 amide bonds. The fourth-order valence-electron chi connectivity index (χ4n) is 1.67. The zero-order chi connectivity index (χ0) is 17.0. The minimum atomic E-state index is -4.23. The number of aromatic carboxylic acids is 1. The second kappa shape index (κ2) is 6.78. The Balaban J connectivity index is 2.21. The van der Waals surface area contributed by atoms with E-state index in [2.05, 4.69) is 0 Å². The zero-order valence-electron chi connectivity index (χ0n) is 11.5. The largest absolute Gasteiger partial charge is 0.478 e. The van der Waals surface area contributed by atoms with Gasteiger partial charge in [0, 0.05) is 5.56 Å². The number of nitrogens with one attached hydrogen (secondary N) is 2. The molecule has 0 aromatic heterocycles. The van der Waals surface area contributed by atoms with Crippen molar-refractivity contribution < 1.29 is 23.1 Å². The first-order chi connectivity index (χ1) is 10.8. The highest BCUT2D eigenvalue weighted by molar-refractivity contribution is 7.89. The summed E-state index contributed by atoms with van der Waals surface area (Å²) in [4.78, 5) is 24.2. The number of carboxylic acid groups (broad SMARTS) is 1. The van der Waals surface area contributed by atoms with Gasteiger partial charge in [0.1, 0.15) is 4.90 Å². The molecule has 0 unspecified atom stereocenters. The van der Waals surface area contributed by atoms with Crippen LogP contribution in [0, 0.1) is 0 Å². The minimum Gasteiger partial charge on any atom is -0.478 e. The fraction of sp³-hybridized carbons (Fsp3) is 0. The van der Waals surface area contributed by atoms with Crippen LogP contribution in [0.4, 0.5) is 0 Å². The lowest BCUT2D eigenvalue weighted by molar-refractivity contribution is 0.0696. The predicted molar refractivity (Wildman–Crippen MR) is 82.6 cm³/mol. The number of carbonyl (C=O) groups is 2. The molecule has 0 saturated heterocycles. The van der Waals surface area contributed by atoms with Gasteiger partial charge in [-0.25, -0.2) is 13.2 Å². The monoisotopic (exact) mass is 354 g/mol. The van der Waals surface area contributed by atoms with Crippen molar-refractivity contribution in [1.82, 2.24) is 10.3 Å². The van der Waals surface area contributed by atoms with Crippen LogP contribution >= 0.6 is 11.6 Å². The molecule has 2 aromatic carbocycles. The Morgan fingerprint density at radius 3 is 2.26 bits per heavy atom. The van der Waals surface area contributed by atoms with Crippen molar-refractivity contribution in [1.29, 1.82) is 0 Å². The van der Waals surface area contributed by atoms with Crippen LogP contribution in [-0.2, 0) is 10.0 Å². The Labute approximate surface area is 136 Å². The second-order valence-corrected chi connectivity index (χ2v) is 6.43. The summed E-state index contributed by atoms with van der Waals surface area (Å²) in [6.45, 7) is 0. The fourth-order valence-corrected chi connectivity index (χ4v) is 3.04. The topological polar surface area (TPSA) is 113 Å². The summed E-state index contributed by atoms with van der Waals surface area (Å²) >= 11 is 5.79. The minimum absolute atomic E-state index is 0.170.